The van der Waals surface area contributed by atoms with Gasteiger partial charge in [0.25, 0.3) is 0 Å². The summed E-state index contributed by atoms with van der Waals surface area (Å²) in [5.41, 5.74) is 7.63. The van der Waals surface area contributed by atoms with E-state index in [2.05, 4.69) is 27.4 Å². The molecule has 2 heterocycles. The predicted octanol–water partition coefficient (Wildman–Crippen LogP) is 2.53. The number of nitrogens with one attached hydrogen (secondary N) is 1. The van der Waals surface area contributed by atoms with Crippen LogP contribution in [0.15, 0.2) is 10.9 Å². The van der Waals surface area contributed by atoms with E-state index in [1.54, 1.807) is 0 Å². The molecule has 0 spiro atoms. The fourth-order valence-electron chi connectivity index (χ4n) is 2.05. The topological polar surface area (TPSA) is 89.9 Å². The van der Waals surface area contributed by atoms with Crippen molar-refractivity contribution in [2.24, 2.45) is 0 Å². The molecule has 2 aromatic rings. The lowest BCUT2D eigenvalue weighted by molar-refractivity contribution is 0.391. The number of hydrogen-bond acceptors (Lipinski definition) is 6. The van der Waals surface area contributed by atoms with Gasteiger partial charge < -0.3 is 15.6 Å². The third-order valence-corrected chi connectivity index (χ3v) is 3.35. The maximum atomic E-state index is 6.02. The van der Waals surface area contributed by atoms with Crippen LogP contribution < -0.4 is 11.1 Å². The Morgan fingerprint density at radius 3 is 2.79 bits per heavy atom. The molecule has 0 saturated heterocycles. The zero-order chi connectivity index (χ0) is 14.0. The van der Waals surface area contributed by atoms with E-state index in [1.807, 2.05) is 13.8 Å². The molecule has 19 heavy (non-hydrogen) atoms. The number of aromatic nitrogens is 3. The van der Waals surface area contributed by atoms with E-state index in [0.29, 0.717) is 17.4 Å². The van der Waals surface area contributed by atoms with Gasteiger partial charge in [-0.3, -0.25) is 0 Å². The third kappa shape index (κ3) is 2.78. The quantitative estimate of drug-likeness (QED) is 0.895. The number of nitrogen functional groups attached to an aromatic ring is 1. The zero-order valence-electron chi connectivity index (χ0n) is 11.1. The SMILES string of the molecule is Cc1noc(C)c1C(C)CNc1ncnc(N)c1Cl. The van der Waals surface area contributed by atoms with Crippen LogP contribution in [0.5, 0.6) is 0 Å². The first kappa shape index (κ1) is 13.6. The lowest BCUT2D eigenvalue weighted by Crippen LogP contribution is -2.13. The second kappa shape index (κ2) is 5.44. The van der Waals surface area contributed by atoms with Gasteiger partial charge in [-0.1, -0.05) is 23.7 Å². The lowest BCUT2D eigenvalue weighted by Gasteiger charge is -2.13. The van der Waals surface area contributed by atoms with Crippen LogP contribution in [0.2, 0.25) is 5.02 Å². The standard InChI is InChI=1S/C12H16ClN5O/c1-6(9-7(2)18-19-8(9)3)4-15-12-10(13)11(14)16-5-17-12/h5-6H,4H2,1-3H3,(H3,14,15,16,17). The molecule has 0 fully saturated rings. The van der Waals surface area contributed by atoms with E-state index >= 15 is 0 Å². The van der Waals surface area contributed by atoms with Crippen molar-refractivity contribution in [1.82, 2.24) is 15.1 Å². The van der Waals surface area contributed by atoms with Crippen molar-refractivity contribution in [1.29, 1.82) is 0 Å². The predicted molar refractivity (Wildman–Crippen MR) is 74.3 cm³/mol. The molecule has 0 aliphatic rings. The highest BCUT2D eigenvalue weighted by atomic mass is 35.5. The minimum Gasteiger partial charge on any atom is -0.382 e. The third-order valence-electron chi connectivity index (χ3n) is 2.97. The molecule has 0 saturated carbocycles. The summed E-state index contributed by atoms with van der Waals surface area (Å²) in [6.45, 7) is 6.57. The normalized spacial score (nSPS) is 12.4. The minimum absolute atomic E-state index is 0.221. The van der Waals surface area contributed by atoms with Crippen LogP contribution in [0, 0.1) is 13.8 Å². The van der Waals surface area contributed by atoms with E-state index < -0.39 is 0 Å². The van der Waals surface area contributed by atoms with Gasteiger partial charge >= 0.3 is 0 Å². The number of anilines is 2. The summed E-state index contributed by atoms with van der Waals surface area (Å²) in [5, 5.41) is 7.45. The van der Waals surface area contributed by atoms with E-state index in [4.69, 9.17) is 21.9 Å². The molecule has 3 N–H and O–H groups in total. The van der Waals surface area contributed by atoms with Gasteiger partial charge in [0.2, 0.25) is 0 Å². The smallest absolute Gasteiger partial charge is 0.150 e. The molecule has 7 heteroatoms. The van der Waals surface area contributed by atoms with Crippen LogP contribution in [0.3, 0.4) is 0 Å². The van der Waals surface area contributed by atoms with Crippen LogP contribution in [-0.2, 0) is 0 Å². The Labute approximate surface area is 116 Å². The van der Waals surface area contributed by atoms with Gasteiger partial charge in [0.15, 0.2) is 0 Å². The van der Waals surface area contributed by atoms with Crippen molar-refractivity contribution in [3.8, 4) is 0 Å². The fourth-order valence-corrected chi connectivity index (χ4v) is 2.22. The highest BCUT2D eigenvalue weighted by molar-refractivity contribution is 6.35. The summed E-state index contributed by atoms with van der Waals surface area (Å²) in [4.78, 5) is 7.88. The Hall–Kier alpha value is -1.82. The van der Waals surface area contributed by atoms with Crippen molar-refractivity contribution in [3.05, 3.63) is 28.4 Å². The Bertz CT molecular complexity index is 564. The van der Waals surface area contributed by atoms with Crippen molar-refractivity contribution in [3.63, 3.8) is 0 Å². The zero-order valence-corrected chi connectivity index (χ0v) is 11.8. The van der Waals surface area contributed by atoms with Crippen LogP contribution in [-0.4, -0.2) is 21.7 Å². The van der Waals surface area contributed by atoms with Gasteiger partial charge in [-0.2, -0.15) is 0 Å². The average molecular weight is 282 g/mol. The summed E-state index contributed by atoms with van der Waals surface area (Å²) in [6, 6.07) is 0. The van der Waals surface area contributed by atoms with Gasteiger partial charge in [0, 0.05) is 18.0 Å². The Morgan fingerprint density at radius 2 is 2.16 bits per heavy atom. The van der Waals surface area contributed by atoms with Gasteiger partial charge in [0.05, 0.1) is 5.69 Å². The number of nitrogens with two attached hydrogens (primary N) is 1. The van der Waals surface area contributed by atoms with Crippen molar-refractivity contribution < 1.29 is 4.52 Å². The number of halogens is 1. The number of nitrogens with zero attached hydrogens (tertiary/aromatic N) is 3. The maximum Gasteiger partial charge on any atom is 0.150 e. The molecule has 0 aliphatic heterocycles. The molecule has 1 unspecified atom stereocenters. The van der Waals surface area contributed by atoms with E-state index in [1.165, 1.54) is 6.33 Å². The Kier molecular flexibility index (Phi) is 3.90. The van der Waals surface area contributed by atoms with Crippen molar-refractivity contribution in [2.75, 3.05) is 17.6 Å². The summed E-state index contributed by atoms with van der Waals surface area (Å²) in [5.74, 6) is 1.86. The highest BCUT2D eigenvalue weighted by Crippen LogP contribution is 2.26. The number of hydrogen-bond donors (Lipinski definition) is 2. The summed E-state index contributed by atoms with van der Waals surface area (Å²) < 4.78 is 5.16. The first-order valence-electron chi connectivity index (χ1n) is 5.93. The van der Waals surface area contributed by atoms with Crippen LogP contribution >= 0.6 is 11.6 Å². The molecule has 2 rings (SSSR count). The Morgan fingerprint density at radius 1 is 1.42 bits per heavy atom. The summed E-state index contributed by atoms with van der Waals surface area (Å²) in [6.07, 6.45) is 1.38. The Balaban J connectivity index is 2.09. The molecule has 0 aromatic carbocycles. The monoisotopic (exact) mass is 281 g/mol. The maximum absolute atomic E-state index is 6.02. The van der Waals surface area contributed by atoms with E-state index in [-0.39, 0.29) is 11.7 Å². The van der Waals surface area contributed by atoms with Crippen LogP contribution in [0.25, 0.3) is 0 Å². The molecule has 0 amide bonds. The highest BCUT2D eigenvalue weighted by Gasteiger charge is 2.17. The van der Waals surface area contributed by atoms with Crippen LogP contribution in [0.1, 0.15) is 29.9 Å². The first-order chi connectivity index (χ1) is 9.00. The van der Waals surface area contributed by atoms with Gasteiger partial charge in [0.1, 0.15) is 28.7 Å². The van der Waals surface area contributed by atoms with Crippen molar-refractivity contribution in [2.45, 2.75) is 26.7 Å². The number of rotatable bonds is 4. The molecular weight excluding hydrogens is 266 g/mol. The van der Waals surface area contributed by atoms with Gasteiger partial charge in [-0.05, 0) is 13.8 Å². The molecule has 2 aromatic heterocycles. The summed E-state index contributed by atoms with van der Waals surface area (Å²) >= 11 is 6.02. The molecule has 0 radical (unpaired) electrons. The minimum atomic E-state index is 0.221. The molecular formula is C12H16ClN5O. The molecule has 6 nitrogen and oxygen atoms in total. The van der Waals surface area contributed by atoms with Crippen molar-refractivity contribution >= 4 is 23.2 Å². The van der Waals surface area contributed by atoms with Crippen LogP contribution in [0.4, 0.5) is 11.6 Å². The molecule has 0 bridgehead atoms. The van der Waals surface area contributed by atoms with Gasteiger partial charge in [-0.15, -0.1) is 0 Å². The van der Waals surface area contributed by atoms with E-state index in [0.717, 1.165) is 17.0 Å². The lowest BCUT2D eigenvalue weighted by atomic mass is 10.00. The molecule has 0 aliphatic carbocycles. The van der Waals surface area contributed by atoms with E-state index in [9.17, 15) is 0 Å². The largest absolute Gasteiger partial charge is 0.382 e. The first-order valence-corrected chi connectivity index (χ1v) is 6.31. The second-order valence-corrected chi connectivity index (χ2v) is 4.82. The average Bonchev–Trinajstić information content (AvgIpc) is 2.71. The molecule has 1 atom stereocenters. The second-order valence-electron chi connectivity index (χ2n) is 4.44. The van der Waals surface area contributed by atoms with Gasteiger partial charge in [-0.25, -0.2) is 9.97 Å². The number of aryl methyl sites for hydroxylation is 2. The summed E-state index contributed by atoms with van der Waals surface area (Å²) in [7, 11) is 0. The molecule has 102 valence electrons. The fraction of sp³-hybridized carbons (Fsp3) is 0.417.